The number of nitrogens with one attached hydrogen (secondary N) is 1. The molecule has 1 aliphatic rings. The van der Waals surface area contributed by atoms with E-state index in [0.29, 0.717) is 6.61 Å². The highest BCUT2D eigenvalue weighted by Crippen LogP contribution is 2.28. The van der Waals surface area contributed by atoms with Crippen LogP contribution in [0.5, 0.6) is 5.75 Å². The molecule has 1 aliphatic heterocycles. The van der Waals surface area contributed by atoms with Gasteiger partial charge in [0.1, 0.15) is 18.2 Å². The van der Waals surface area contributed by atoms with Gasteiger partial charge in [-0.05, 0) is 12.1 Å². The van der Waals surface area contributed by atoms with Crippen molar-refractivity contribution in [2.45, 2.75) is 6.61 Å². The molecule has 0 radical (unpaired) electrons. The van der Waals surface area contributed by atoms with E-state index in [9.17, 15) is 0 Å². The molecule has 0 spiro atoms. The van der Waals surface area contributed by atoms with Crippen molar-refractivity contribution in [1.29, 1.82) is 0 Å². The van der Waals surface area contributed by atoms with Crippen molar-refractivity contribution >= 4 is 5.69 Å². The first-order valence-corrected chi connectivity index (χ1v) is 6.98. The molecule has 0 saturated carbocycles. The fourth-order valence-corrected chi connectivity index (χ4v) is 2.42. The molecule has 0 amide bonds. The SMILES string of the molecule is Cn1ccnc1COc1ccccc1N1CCNCC1. The number of benzene rings is 1. The largest absolute Gasteiger partial charge is 0.484 e. The number of anilines is 1. The molecule has 2 aromatic rings. The fourth-order valence-electron chi connectivity index (χ4n) is 2.42. The highest BCUT2D eigenvalue weighted by molar-refractivity contribution is 5.58. The number of aromatic nitrogens is 2. The lowest BCUT2D eigenvalue weighted by atomic mass is 10.2. The van der Waals surface area contributed by atoms with Gasteiger partial charge in [-0.15, -0.1) is 0 Å². The molecule has 0 aliphatic carbocycles. The predicted octanol–water partition coefficient (Wildman–Crippen LogP) is 1.41. The zero-order valence-corrected chi connectivity index (χ0v) is 11.7. The molecular weight excluding hydrogens is 252 g/mol. The Bertz CT molecular complexity index is 561. The van der Waals surface area contributed by atoms with E-state index in [1.807, 2.05) is 29.9 Å². The topological polar surface area (TPSA) is 42.3 Å². The summed E-state index contributed by atoms with van der Waals surface area (Å²) in [6, 6.07) is 8.23. The molecule has 0 bridgehead atoms. The van der Waals surface area contributed by atoms with E-state index < -0.39 is 0 Å². The van der Waals surface area contributed by atoms with Gasteiger partial charge in [0.25, 0.3) is 0 Å². The van der Waals surface area contributed by atoms with Gasteiger partial charge in [-0.25, -0.2) is 4.98 Å². The second-order valence-corrected chi connectivity index (χ2v) is 4.95. The van der Waals surface area contributed by atoms with Gasteiger partial charge in [0.05, 0.1) is 5.69 Å². The van der Waals surface area contributed by atoms with Crippen LogP contribution in [-0.4, -0.2) is 35.7 Å². The van der Waals surface area contributed by atoms with E-state index in [0.717, 1.165) is 37.8 Å². The first kappa shape index (κ1) is 13.0. The number of imidazole rings is 1. The zero-order valence-electron chi connectivity index (χ0n) is 11.7. The van der Waals surface area contributed by atoms with E-state index in [2.05, 4.69) is 27.3 Å². The summed E-state index contributed by atoms with van der Waals surface area (Å²) in [4.78, 5) is 6.65. The van der Waals surface area contributed by atoms with E-state index in [1.54, 1.807) is 6.20 Å². The number of rotatable bonds is 4. The molecule has 1 aromatic carbocycles. The third-order valence-corrected chi connectivity index (χ3v) is 3.60. The number of piperazine rings is 1. The first-order chi connectivity index (χ1) is 9.84. The van der Waals surface area contributed by atoms with Gasteiger partial charge in [-0.3, -0.25) is 0 Å². The molecule has 5 heteroatoms. The molecule has 5 nitrogen and oxygen atoms in total. The molecule has 2 heterocycles. The Labute approximate surface area is 119 Å². The van der Waals surface area contributed by atoms with Gasteiger partial charge >= 0.3 is 0 Å². The monoisotopic (exact) mass is 272 g/mol. The van der Waals surface area contributed by atoms with Crippen LogP contribution in [0.2, 0.25) is 0 Å². The summed E-state index contributed by atoms with van der Waals surface area (Å²) in [5.41, 5.74) is 1.17. The first-order valence-electron chi connectivity index (χ1n) is 6.98. The van der Waals surface area contributed by atoms with Crippen LogP contribution in [0.1, 0.15) is 5.82 Å². The molecule has 3 rings (SSSR count). The maximum Gasteiger partial charge on any atom is 0.146 e. The van der Waals surface area contributed by atoms with Gasteiger partial charge in [0.15, 0.2) is 0 Å². The summed E-state index contributed by atoms with van der Waals surface area (Å²) < 4.78 is 7.95. The molecule has 1 N–H and O–H groups in total. The van der Waals surface area contributed by atoms with Gasteiger partial charge < -0.3 is 19.5 Å². The summed E-state index contributed by atoms with van der Waals surface area (Å²) in [5.74, 6) is 1.86. The minimum Gasteiger partial charge on any atom is -0.484 e. The number of para-hydroxylation sites is 2. The highest BCUT2D eigenvalue weighted by Gasteiger charge is 2.14. The van der Waals surface area contributed by atoms with Crippen molar-refractivity contribution in [3.8, 4) is 5.75 Å². The fraction of sp³-hybridized carbons (Fsp3) is 0.400. The standard InChI is InChI=1S/C15H20N4O/c1-18-9-8-17-15(18)12-20-14-5-3-2-4-13(14)19-10-6-16-7-11-19/h2-5,8-9,16H,6-7,10-12H2,1H3. The summed E-state index contributed by atoms with van der Waals surface area (Å²) >= 11 is 0. The van der Waals surface area contributed by atoms with Crippen LogP contribution in [0.25, 0.3) is 0 Å². The summed E-state index contributed by atoms with van der Waals surface area (Å²) in [7, 11) is 1.98. The number of nitrogens with zero attached hydrogens (tertiary/aromatic N) is 3. The molecule has 20 heavy (non-hydrogen) atoms. The Balaban J connectivity index is 1.74. The van der Waals surface area contributed by atoms with Crippen LogP contribution in [0, 0.1) is 0 Å². The summed E-state index contributed by atoms with van der Waals surface area (Å²) in [6.07, 6.45) is 3.72. The van der Waals surface area contributed by atoms with E-state index in [-0.39, 0.29) is 0 Å². The minimum absolute atomic E-state index is 0.493. The Hall–Kier alpha value is -2.01. The maximum absolute atomic E-state index is 5.97. The lowest BCUT2D eigenvalue weighted by Crippen LogP contribution is -2.43. The summed E-state index contributed by atoms with van der Waals surface area (Å²) in [5, 5.41) is 3.37. The van der Waals surface area contributed by atoms with Crippen LogP contribution < -0.4 is 15.0 Å². The van der Waals surface area contributed by atoms with E-state index in [4.69, 9.17) is 4.74 Å². The Morgan fingerprint density at radius 1 is 1.25 bits per heavy atom. The lowest BCUT2D eigenvalue weighted by molar-refractivity contribution is 0.292. The maximum atomic E-state index is 5.97. The predicted molar refractivity (Wildman–Crippen MR) is 79.1 cm³/mol. The molecule has 0 unspecified atom stereocenters. The van der Waals surface area contributed by atoms with Crippen LogP contribution in [0.3, 0.4) is 0 Å². The molecular formula is C15H20N4O. The second-order valence-electron chi connectivity index (χ2n) is 4.95. The number of ether oxygens (including phenoxy) is 1. The summed E-state index contributed by atoms with van der Waals surface area (Å²) in [6.45, 7) is 4.57. The molecule has 1 aromatic heterocycles. The number of hydrogen-bond donors (Lipinski definition) is 1. The Morgan fingerprint density at radius 3 is 2.80 bits per heavy atom. The van der Waals surface area contributed by atoms with E-state index >= 15 is 0 Å². The normalized spacial score (nSPS) is 15.3. The van der Waals surface area contributed by atoms with Crippen molar-refractivity contribution in [3.05, 3.63) is 42.5 Å². The van der Waals surface area contributed by atoms with Crippen molar-refractivity contribution in [2.24, 2.45) is 7.05 Å². The average Bonchev–Trinajstić information content (AvgIpc) is 2.92. The smallest absolute Gasteiger partial charge is 0.146 e. The minimum atomic E-state index is 0.493. The zero-order chi connectivity index (χ0) is 13.8. The van der Waals surface area contributed by atoms with Gasteiger partial charge in [-0.2, -0.15) is 0 Å². The van der Waals surface area contributed by atoms with E-state index in [1.165, 1.54) is 5.69 Å². The average molecular weight is 272 g/mol. The molecule has 0 atom stereocenters. The van der Waals surface area contributed by atoms with Gasteiger partial charge in [-0.1, -0.05) is 12.1 Å². The highest BCUT2D eigenvalue weighted by atomic mass is 16.5. The second kappa shape index (κ2) is 5.96. The van der Waals surface area contributed by atoms with Crippen LogP contribution in [0.15, 0.2) is 36.7 Å². The van der Waals surface area contributed by atoms with Crippen molar-refractivity contribution < 1.29 is 4.74 Å². The van der Waals surface area contributed by atoms with Gasteiger partial charge in [0.2, 0.25) is 0 Å². The van der Waals surface area contributed by atoms with Crippen molar-refractivity contribution in [1.82, 2.24) is 14.9 Å². The van der Waals surface area contributed by atoms with Crippen molar-refractivity contribution in [3.63, 3.8) is 0 Å². The van der Waals surface area contributed by atoms with Crippen LogP contribution in [-0.2, 0) is 13.7 Å². The third-order valence-electron chi connectivity index (χ3n) is 3.60. The Morgan fingerprint density at radius 2 is 2.05 bits per heavy atom. The third kappa shape index (κ3) is 2.77. The lowest BCUT2D eigenvalue weighted by Gasteiger charge is -2.30. The quantitative estimate of drug-likeness (QED) is 0.914. The van der Waals surface area contributed by atoms with Gasteiger partial charge in [0, 0.05) is 45.6 Å². The van der Waals surface area contributed by atoms with Crippen LogP contribution in [0.4, 0.5) is 5.69 Å². The molecule has 106 valence electrons. The molecule has 1 fully saturated rings. The van der Waals surface area contributed by atoms with Crippen molar-refractivity contribution in [2.75, 3.05) is 31.1 Å². The number of hydrogen-bond acceptors (Lipinski definition) is 4. The Kier molecular flexibility index (Phi) is 3.87. The van der Waals surface area contributed by atoms with Crippen LogP contribution >= 0.6 is 0 Å². The number of aryl methyl sites for hydroxylation is 1. The molecule has 1 saturated heterocycles.